The van der Waals surface area contributed by atoms with Gasteiger partial charge >= 0.3 is 0 Å². The van der Waals surface area contributed by atoms with E-state index < -0.39 is 11.8 Å². The minimum Gasteiger partial charge on any atom is -0.321 e. The van der Waals surface area contributed by atoms with Gasteiger partial charge in [-0.05, 0) is 72.3 Å². The van der Waals surface area contributed by atoms with Gasteiger partial charge in [0.05, 0.1) is 11.4 Å². The molecule has 3 amide bonds. The molecule has 0 saturated carbocycles. The lowest BCUT2D eigenvalue weighted by molar-refractivity contribution is -0.114. The molecule has 1 heterocycles. The summed E-state index contributed by atoms with van der Waals surface area (Å²) in [4.78, 5) is 44.1. The van der Waals surface area contributed by atoms with Crippen LogP contribution in [-0.2, 0) is 9.59 Å². The van der Waals surface area contributed by atoms with Crippen molar-refractivity contribution in [3.8, 4) is 11.3 Å². The molecular weight excluding hydrogens is 724 g/mol. The van der Waals surface area contributed by atoms with Gasteiger partial charge in [-0.2, -0.15) is 0 Å². The number of anilines is 2. The van der Waals surface area contributed by atoms with Crippen LogP contribution in [0.15, 0.2) is 128 Å². The minimum atomic E-state index is -0.472. The second kappa shape index (κ2) is 15.1. The number of carbonyl (C=O) groups is 3. The number of hydrogen-bond acceptors (Lipinski definition) is 6. The number of halogens is 2. The molecule has 0 aliphatic carbocycles. The number of carbonyl (C=O) groups excluding carboxylic acids is 3. The molecule has 220 valence electrons. The summed E-state index contributed by atoms with van der Waals surface area (Å²) in [5.41, 5.74) is 3.59. The van der Waals surface area contributed by atoms with Crippen molar-refractivity contribution in [3.05, 3.63) is 134 Å². The summed E-state index contributed by atoms with van der Waals surface area (Å²) in [6.45, 7) is 0. The molecule has 7 nitrogen and oxygen atoms in total. The number of benzene rings is 4. The van der Waals surface area contributed by atoms with Crippen molar-refractivity contribution in [2.45, 2.75) is 4.90 Å². The fraction of sp³-hybridized carbons (Fsp3) is 0.0303. The highest BCUT2D eigenvalue weighted by atomic mass is 79.9. The topological polar surface area (TPSA) is 100 Å². The van der Waals surface area contributed by atoms with Crippen LogP contribution in [-0.4, -0.2) is 28.5 Å². The van der Waals surface area contributed by atoms with Gasteiger partial charge in [-0.15, -0.1) is 23.1 Å². The molecule has 4 aromatic carbocycles. The van der Waals surface area contributed by atoms with Crippen molar-refractivity contribution in [2.24, 2.45) is 0 Å². The van der Waals surface area contributed by atoms with E-state index in [1.54, 1.807) is 42.5 Å². The lowest BCUT2D eigenvalue weighted by atomic mass is 10.1. The maximum absolute atomic E-state index is 13.3. The van der Waals surface area contributed by atoms with Crippen LogP contribution in [0.2, 0.25) is 0 Å². The van der Waals surface area contributed by atoms with E-state index in [4.69, 9.17) is 0 Å². The lowest BCUT2D eigenvalue weighted by Gasteiger charge is -2.12. The van der Waals surface area contributed by atoms with Gasteiger partial charge in [-0.3, -0.25) is 14.4 Å². The number of thioether (sulfide) groups is 1. The van der Waals surface area contributed by atoms with Crippen LogP contribution in [0.5, 0.6) is 0 Å². The van der Waals surface area contributed by atoms with Crippen LogP contribution in [0.3, 0.4) is 0 Å². The summed E-state index contributed by atoms with van der Waals surface area (Å²) in [5, 5.41) is 10.9. The molecule has 0 aliphatic rings. The number of hydrogen-bond donors (Lipinski definition) is 3. The number of thiazole rings is 1. The fourth-order valence-corrected chi connectivity index (χ4v) is 6.04. The van der Waals surface area contributed by atoms with Gasteiger partial charge < -0.3 is 16.0 Å². The van der Waals surface area contributed by atoms with Gasteiger partial charge in [0, 0.05) is 36.0 Å². The first-order chi connectivity index (χ1) is 21.3. The Balaban J connectivity index is 1.18. The van der Waals surface area contributed by atoms with E-state index in [2.05, 4.69) is 52.8 Å². The Kier molecular flexibility index (Phi) is 10.8. The highest BCUT2D eigenvalue weighted by Gasteiger charge is 2.16. The van der Waals surface area contributed by atoms with Gasteiger partial charge in [0.25, 0.3) is 11.8 Å². The van der Waals surface area contributed by atoms with Crippen LogP contribution in [0.25, 0.3) is 17.3 Å². The van der Waals surface area contributed by atoms with Gasteiger partial charge in [0.2, 0.25) is 5.91 Å². The molecule has 0 unspecified atom stereocenters. The molecule has 0 atom stereocenters. The Morgan fingerprint density at radius 3 is 2.30 bits per heavy atom. The van der Waals surface area contributed by atoms with E-state index in [-0.39, 0.29) is 17.4 Å². The van der Waals surface area contributed by atoms with Gasteiger partial charge in [-0.25, -0.2) is 4.98 Å². The first-order valence-electron chi connectivity index (χ1n) is 13.2. The van der Waals surface area contributed by atoms with E-state index in [1.807, 2.05) is 72.1 Å². The number of amides is 3. The zero-order valence-electron chi connectivity index (χ0n) is 22.9. The average Bonchev–Trinajstić information content (AvgIpc) is 3.49. The molecule has 5 aromatic rings. The number of nitrogens with one attached hydrogen (secondary N) is 3. The summed E-state index contributed by atoms with van der Waals surface area (Å²) in [5.74, 6) is -0.834. The second-order valence-electron chi connectivity index (χ2n) is 9.29. The Labute approximate surface area is 279 Å². The molecule has 0 aliphatic heterocycles. The molecule has 0 saturated heterocycles. The summed E-state index contributed by atoms with van der Waals surface area (Å²) >= 11 is 9.61. The van der Waals surface area contributed by atoms with Crippen molar-refractivity contribution >= 4 is 89.6 Å². The highest BCUT2D eigenvalue weighted by molar-refractivity contribution is 9.10. The molecule has 0 radical (unpaired) electrons. The average molecular weight is 749 g/mol. The molecule has 0 bridgehead atoms. The van der Waals surface area contributed by atoms with E-state index in [1.165, 1.54) is 23.1 Å². The lowest BCUT2D eigenvalue weighted by Crippen LogP contribution is -2.30. The molecule has 11 heteroatoms. The summed E-state index contributed by atoms with van der Waals surface area (Å²) < 4.78 is 1.84. The Hall–Kier alpha value is -4.03. The van der Waals surface area contributed by atoms with E-state index in [9.17, 15) is 14.4 Å². The maximum atomic E-state index is 13.3. The molecule has 0 fully saturated rings. The first-order valence-corrected chi connectivity index (χ1v) is 16.7. The van der Waals surface area contributed by atoms with Crippen molar-refractivity contribution in [1.82, 2.24) is 10.3 Å². The monoisotopic (exact) mass is 746 g/mol. The second-order valence-corrected chi connectivity index (χ2v) is 13.0. The van der Waals surface area contributed by atoms with Crippen molar-refractivity contribution in [3.63, 3.8) is 0 Å². The zero-order chi connectivity index (χ0) is 30.9. The van der Waals surface area contributed by atoms with Crippen LogP contribution >= 0.6 is 55.0 Å². The minimum absolute atomic E-state index is 0.0950. The molecule has 5 rings (SSSR count). The predicted molar refractivity (Wildman–Crippen MR) is 186 cm³/mol. The first kappa shape index (κ1) is 31.4. The summed E-state index contributed by atoms with van der Waals surface area (Å²) in [6, 6.07) is 31.1. The summed E-state index contributed by atoms with van der Waals surface area (Å²) in [6.07, 6.45) is 1.62. The van der Waals surface area contributed by atoms with Crippen molar-refractivity contribution < 1.29 is 14.4 Å². The maximum Gasteiger partial charge on any atom is 0.272 e. The van der Waals surface area contributed by atoms with Crippen LogP contribution in [0.4, 0.5) is 10.8 Å². The normalized spacial score (nSPS) is 11.1. The zero-order valence-corrected chi connectivity index (χ0v) is 27.7. The number of nitrogens with zero attached hydrogens (tertiary/aromatic N) is 1. The number of rotatable bonds is 10. The molecule has 3 N–H and O–H groups in total. The third kappa shape index (κ3) is 8.99. The third-order valence-corrected chi connectivity index (χ3v) is 8.85. The van der Waals surface area contributed by atoms with Crippen LogP contribution in [0.1, 0.15) is 15.9 Å². The molecule has 0 spiro atoms. The summed E-state index contributed by atoms with van der Waals surface area (Å²) in [7, 11) is 0. The van der Waals surface area contributed by atoms with Crippen LogP contribution < -0.4 is 16.0 Å². The Morgan fingerprint density at radius 1 is 0.818 bits per heavy atom. The fourth-order valence-electron chi connectivity index (χ4n) is 3.93. The smallest absolute Gasteiger partial charge is 0.272 e. The van der Waals surface area contributed by atoms with E-state index >= 15 is 0 Å². The molecule has 1 aromatic heterocycles. The Bertz CT molecular complexity index is 1810. The molecule has 44 heavy (non-hydrogen) atoms. The molecular formula is C33H24Br2N4O3S2. The van der Waals surface area contributed by atoms with Gasteiger partial charge in [0.15, 0.2) is 5.13 Å². The van der Waals surface area contributed by atoms with Crippen molar-refractivity contribution in [2.75, 3.05) is 16.4 Å². The van der Waals surface area contributed by atoms with E-state index in [0.717, 1.165) is 30.7 Å². The number of aromatic nitrogens is 1. The third-order valence-electron chi connectivity index (χ3n) is 6.06. The van der Waals surface area contributed by atoms with Gasteiger partial charge in [0.1, 0.15) is 5.70 Å². The Morgan fingerprint density at radius 2 is 1.57 bits per heavy atom. The largest absolute Gasteiger partial charge is 0.321 e. The van der Waals surface area contributed by atoms with Crippen LogP contribution in [0, 0.1) is 0 Å². The predicted octanol–water partition coefficient (Wildman–Crippen LogP) is 8.48. The quantitative estimate of drug-likeness (QED) is 0.0984. The van der Waals surface area contributed by atoms with Crippen molar-refractivity contribution in [1.29, 1.82) is 0 Å². The van der Waals surface area contributed by atoms with Gasteiger partial charge in [-0.1, -0.05) is 74.3 Å². The highest BCUT2D eigenvalue weighted by Crippen LogP contribution is 2.27. The van der Waals surface area contributed by atoms with E-state index in [0.29, 0.717) is 16.4 Å². The standard InChI is InChI=1S/C33H24Br2N4O3S2/c34-24-11-9-22(10-12-24)29-19-44-33(38-29)39-30(40)20-43-27-15-13-26(14-16-27)36-32(42)28(18-21-5-4-8-25(35)17-21)37-31(41)23-6-2-1-3-7-23/h1-19H,20H2,(H,36,42)(H,37,41)(H,38,39,40)/b28-18-. The SMILES string of the molecule is O=C(CSc1ccc(NC(=O)/C(=C/c2cccc(Br)c2)NC(=O)c2ccccc2)cc1)Nc1nc(-c2ccc(Br)cc2)cs1.